The Labute approximate surface area is 166 Å². The van der Waals surface area contributed by atoms with E-state index >= 15 is 0 Å². The quantitative estimate of drug-likeness (QED) is 0.455. The molecule has 0 spiro atoms. The van der Waals surface area contributed by atoms with E-state index in [9.17, 15) is 4.79 Å². The number of allylic oxidation sites excluding steroid dienone is 1. The molecule has 1 aliphatic rings. The third kappa shape index (κ3) is 3.46. The number of primary amides is 1. The van der Waals surface area contributed by atoms with Gasteiger partial charge >= 0.3 is 0 Å². The highest BCUT2D eigenvalue weighted by Gasteiger charge is 2.33. The highest BCUT2D eigenvalue weighted by molar-refractivity contribution is 7.98. The Bertz CT molecular complexity index is 1040. The molecule has 0 saturated heterocycles. The van der Waals surface area contributed by atoms with E-state index in [1.807, 2.05) is 37.3 Å². The molecule has 4 rings (SSSR count). The SMILES string of the molecule is CC1=C(C(N)=O)C(c2ccc(N)cc2)n2nc(SCc3ccccc3)nc2N1. The van der Waals surface area contributed by atoms with Gasteiger partial charge in [-0.25, -0.2) is 4.68 Å². The molecule has 8 heteroatoms. The zero-order chi connectivity index (χ0) is 19.7. The molecule has 1 aliphatic heterocycles. The molecule has 5 N–H and O–H groups in total. The van der Waals surface area contributed by atoms with Crippen LogP contribution < -0.4 is 16.8 Å². The number of nitrogen functional groups attached to an aromatic ring is 1. The third-order valence-electron chi connectivity index (χ3n) is 4.56. The molecule has 1 atom stereocenters. The van der Waals surface area contributed by atoms with Crippen LogP contribution in [0.15, 0.2) is 71.0 Å². The van der Waals surface area contributed by atoms with E-state index in [2.05, 4.69) is 27.5 Å². The first-order valence-corrected chi connectivity index (χ1v) is 9.78. The summed E-state index contributed by atoms with van der Waals surface area (Å²) in [5, 5.41) is 8.43. The second-order valence-corrected chi connectivity index (χ2v) is 7.48. The zero-order valence-electron chi connectivity index (χ0n) is 15.3. The standard InChI is InChI=1S/C20H20N6OS/c1-12-16(18(22)27)17(14-7-9-15(21)10-8-14)26-19(23-12)24-20(25-26)28-11-13-5-3-2-4-6-13/h2-10,17H,11,21H2,1H3,(H2,22,27)(H,23,24,25). The number of anilines is 2. The summed E-state index contributed by atoms with van der Waals surface area (Å²) in [6.07, 6.45) is 0. The Morgan fingerprint density at radius 3 is 2.57 bits per heavy atom. The maximum Gasteiger partial charge on any atom is 0.248 e. The van der Waals surface area contributed by atoms with Gasteiger partial charge in [0.15, 0.2) is 0 Å². The number of nitrogens with two attached hydrogens (primary N) is 2. The van der Waals surface area contributed by atoms with Crippen LogP contribution in [0, 0.1) is 0 Å². The van der Waals surface area contributed by atoms with Crippen LogP contribution in [0.2, 0.25) is 0 Å². The summed E-state index contributed by atoms with van der Waals surface area (Å²) < 4.78 is 1.71. The molecule has 28 heavy (non-hydrogen) atoms. The van der Waals surface area contributed by atoms with Crippen molar-refractivity contribution in [1.82, 2.24) is 14.8 Å². The molecule has 0 radical (unpaired) electrons. The van der Waals surface area contributed by atoms with Crippen LogP contribution >= 0.6 is 11.8 Å². The summed E-state index contributed by atoms with van der Waals surface area (Å²) in [7, 11) is 0. The minimum Gasteiger partial charge on any atom is -0.399 e. The van der Waals surface area contributed by atoms with Crippen LogP contribution in [0.1, 0.15) is 24.1 Å². The number of nitrogens with one attached hydrogen (secondary N) is 1. The van der Waals surface area contributed by atoms with E-state index in [0.717, 1.165) is 11.3 Å². The molecule has 3 aromatic rings. The van der Waals surface area contributed by atoms with Crippen molar-refractivity contribution in [2.45, 2.75) is 23.9 Å². The van der Waals surface area contributed by atoms with Gasteiger partial charge in [0.25, 0.3) is 0 Å². The second kappa shape index (κ2) is 7.40. The van der Waals surface area contributed by atoms with Gasteiger partial charge in [0, 0.05) is 17.1 Å². The maximum atomic E-state index is 12.2. The zero-order valence-corrected chi connectivity index (χ0v) is 16.1. The van der Waals surface area contributed by atoms with Gasteiger partial charge in [0.1, 0.15) is 6.04 Å². The predicted octanol–water partition coefficient (Wildman–Crippen LogP) is 2.93. The van der Waals surface area contributed by atoms with Crippen molar-refractivity contribution in [1.29, 1.82) is 0 Å². The van der Waals surface area contributed by atoms with E-state index in [4.69, 9.17) is 11.5 Å². The number of amides is 1. The minimum atomic E-state index is -0.494. The molecule has 0 aliphatic carbocycles. The van der Waals surface area contributed by atoms with Crippen LogP contribution in [-0.2, 0) is 10.5 Å². The lowest BCUT2D eigenvalue weighted by atomic mass is 9.95. The Morgan fingerprint density at radius 2 is 1.89 bits per heavy atom. The van der Waals surface area contributed by atoms with Crippen LogP contribution in [0.4, 0.5) is 11.6 Å². The Morgan fingerprint density at radius 1 is 1.18 bits per heavy atom. The Kier molecular flexibility index (Phi) is 4.79. The van der Waals surface area contributed by atoms with Crippen molar-refractivity contribution in [3.8, 4) is 0 Å². The molecule has 1 amide bonds. The highest BCUT2D eigenvalue weighted by atomic mass is 32.2. The van der Waals surface area contributed by atoms with Crippen molar-refractivity contribution >= 4 is 29.3 Å². The average molecular weight is 392 g/mol. The summed E-state index contributed by atoms with van der Waals surface area (Å²) in [6, 6.07) is 17.0. The molecule has 2 aromatic carbocycles. The first-order chi connectivity index (χ1) is 13.5. The van der Waals surface area contributed by atoms with Gasteiger partial charge in [-0.1, -0.05) is 54.2 Å². The van der Waals surface area contributed by atoms with Gasteiger partial charge in [0.2, 0.25) is 17.0 Å². The van der Waals surface area contributed by atoms with Crippen LogP contribution in [0.3, 0.4) is 0 Å². The number of carbonyl (C=O) groups excluding carboxylic acids is 1. The molecule has 2 heterocycles. The summed E-state index contributed by atoms with van der Waals surface area (Å²) >= 11 is 1.54. The molecular weight excluding hydrogens is 372 g/mol. The molecule has 142 valence electrons. The first-order valence-electron chi connectivity index (χ1n) is 8.79. The average Bonchev–Trinajstić information content (AvgIpc) is 3.09. The van der Waals surface area contributed by atoms with E-state index < -0.39 is 11.9 Å². The van der Waals surface area contributed by atoms with E-state index in [1.54, 1.807) is 16.8 Å². The fourth-order valence-electron chi connectivity index (χ4n) is 3.22. The number of carbonyl (C=O) groups is 1. The molecule has 0 saturated carbocycles. The number of nitrogens with zero attached hydrogens (tertiary/aromatic N) is 3. The second-order valence-electron chi connectivity index (χ2n) is 6.53. The van der Waals surface area contributed by atoms with E-state index in [-0.39, 0.29) is 0 Å². The largest absolute Gasteiger partial charge is 0.399 e. The van der Waals surface area contributed by atoms with Crippen LogP contribution in [0.5, 0.6) is 0 Å². The third-order valence-corrected chi connectivity index (χ3v) is 5.47. The fourth-order valence-corrected chi connectivity index (χ4v) is 4.01. The molecule has 1 unspecified atom stereocenters. The fraction of sp³-hybridized carbons (Fsp3) is 0.150. The molecule has 1 aromatic heterocycles. The molecule has 0 fully saturated rings. The van der Waals surface area contributed by atoms with Gasteiger partial charge < -0.3 is 16.8 Å². The topological polar surface area (TPSA) is 112 Å². The first kappa shape index (κ1) is 18.1. The summed E-state index contributed by atoms with van der Waals surface area (Å²) in [5.74, 6) is 0.845. The highest BCUT2D eigenvalue weighted by Crippen LogP contribution is 2.36. The Balaban J connectivity index is 1.69. The van der Waals surface area contributed by atoms with E-state index in [0.29, 0.717) is 28.1 Å². The van der Waals surface area contributed by atoms with Gasteiger partial charge in [0.05, 0.1) is 5.57 Å². The van der Waals surface area contributed by atoms with Crippen molar-refractivity contribution in [3.63, 3.8) is 0 Å². The normalized spacial score (nSPS) is 15.8. The van der Waals surface area contributed by atoms with Gasteiger partial charge in [-0.15, -0.1) is 5.10 Å². The number of aromatic nitrogens is 3. The summed E-state index contributed by atoms with van der Waals surface area (Å²) in [5.41, 5.74) is 15.3. The predicted molar refractivity (Wildman–Crippen MR) is 111 cm³/mol. The summed E-state index contributed by atoms with van der Waals surface area (Å²) in [4.78, 5) is 16.8. The number of hydrogen-bond donors (Lipinski definition) is 3. The van der Waals surface area contributed by atoms with Crippen molar-refractivity contribution in [2.24, 2.45) is 5.73 Å². The molecule has 0 bridgehead atoms. The number of fused-ring (bicyclic) bond motifs is 1. The Hall–Kier alpha value is -3.26. The minimum absolute atomic E-state index is 0.451. The van der Waals surface area contributed by atoms with Gasteiger partial charge in [-0.05, 0) is 30.2 Å². The summed E-state index contributed by atoms with van der Waals surface area (Å²) in [6.45, 7) is 1.82. The van der Waals surface area contributed by atoms with Gasteiger partial charge in [-0.3, -0.25) is 4.79 Å². The smallest absolute Gasteiger partial charge is 0.248 e. The van der Waals surface area contributed by atoms with Crippen molar-refractivity contribution in [2.75, 3.05) is 11.1 Å². The maximum absolute atomic E-state index is 12.2. The number of thioether (sulfide) groups is 1. The lowest BCUT2D eigenvalue weighted by Crippen LogP contribution is -2.31. The number of rotatable bonds is 5. The lowest BCUT2D eigenvalue weighted by molar-refractivity contribution is -0.115. The van der Waals surface area contributed by atoms with Crippen LogP contribution in [0.25, 0.3) is 0 Å². The van der Waals surface area contributed by atoms with Crippen molar-refractivity contribution in [3.05, 3.63) is 77.0 Å². The van der Waals surface area contributed by atoms with Crippen LogP contribution in [-0.4, -0.2) is 20.7 Å². The van der Waals surface area contributed by atoms with Crippen molar-refractivity contribution < 1.29 is 4.79 Å². The van der Waals surface area contributed by atoms with Gasteiger partial charge in [-0.2, -0.15) is 4.98 Å². The molecule has 7 nitrogen and oxygen atoms in total. The number of hydrogen-bond acceptors (Lipinski definition) is 6. The molecular formula is C20H20N6OS. The monoisotopic (exact) mass is 392 g/mol. The number of benzene rings is 2. The van der Waals surface area contributed by atoms with E-state index in [1.165, 1.54) is 17.3 Å². The lowest BCUT2D eigenvalue weighted by Gasteiger charge is -2.27.